The van der Waals surface area contributed by atoms with Gasteiger partial charge in [0.2, 0.25) is 0 Å². The van der Waals surface area contributed by atoms with E-state index >= 15 is 0 Å². The summed E-state index contributed by atoms with van der Waals surface area (Å²) >= 11 is 0. The molecule has 6 rings (SSSR count). The summed E-state index contributed by atoms with van der Waals surface area (Å²) in [6, 6.07) is 28.5. The largest absolute Gasteiger partial charge is 0.584 e. The molecule has 1 saturated heterocycles. The summed E-state index contributed by atoms with van der Waals surface area (Å²) < 4.78 is 23.0. The van der Waals surface area contributed by atoms with Crippen molar-refractivity contribution in [3.05, 3.63) is 114 Å². The van der Waals surface area contributed by atoms with Crippen LogP contribution < -0.4 is 15.8 Å². The molecule has 7 nitrogen and oxygen atoms in total. The van der Waals surface area contributed by atoms with Crippen LogP contribution in [0, 0.1) is 0 Å². The Kier molecular flexibility index (Phi) is 7.06. The van der Waals surface area contributed by atoms with Gasteiger partial charge in [0.25, 0.3) is 0 Å². The molecule has 0 unspecified atom stereocenters. The second kappa shape index (κ2) is 10.6. The van der Waals surface area contributed by atoms with E-state index in [0.29, 0.717) is 18.3 Å². The Morgan fingerprint density at radius 3 is 2.02 bits per heavy atom. The van der Waals surface area contributed by atoms with Gasteiger partial charge in [0.1, 0.15) is 0 Å². The minimum atomic E-state index is -1.27. The number of aryl methyl sites for hydroxylation is 1. The average Bonchev–Trinajstić information content (AvgIpc) is 3.53. The van der Waals surface area contributed by atoms with Crippen molar-refractivity contribution in [3.8, 4) is 0 Å². The van der Waals surface area contributed by atoms with Crippen molar-refractivity contribution in [2.24, 2.45) is 7.05 Å². The zero-order valence-corrected chi connectivity index (χ0v) is 24.2. The fraction of sp³-hybridized carbons (Fsp3) is 0.281. The van der Waals surface area contributed by atoms with Gasteiger partial charge >= 0.3 is 14.2 Å². The molecule has 0 aliphatic carbocycles. The third-order valence-electron chi connectivity index (χ3n) is 8.30. The highest BCUT2D eigenvalue weighted by Gasteiger charge is 2.54. The lowest BCUT2D eigenvalue weighted by molar-refractivity contribution is 0.00578. The van der Waals surface area contributed by atoms with Crippen molar-refractivity contribution in [2.45, 2.75) is 51.7 Å². The normalized spacial score (nSPS) is 15.9. The van der Waals surface area contributed by atoms with Gasteiger partial charge in [-0.25, -0.2) is 4.73 Å². The monoisotopic (exact) mass is 547 g/mol. The molecule has 208 valence electrons. The number of benzene rings is 3. The van der Waals surface area contributed by atoms with E-state index in [1.165, 1.54) is 0 Å². The zero-order valence-electron chi connectivity index (χ0n) is 24.2. The first kappa shape index (κ1) is 27.4. The summed E-state index contributed by atoms with van der Waals surface area (Å²) in [4.78, 5) is 0. The second-order valence-corrected chi connectivity index (χ2v) is 11.8. The number of para-hydroxylation sites is 1. The second-order valence-electron chi connectivity index (χ2n) is 11.8. The van der Waals surface area contributed by atoms with Crippen LogP contribution in [0.4, 0.5) is 0 Å². The van der Waals surface area contributed by atoms with Crippen molar-refractivity contribution in [3.63, 3.8) is 0 Å². The molecular weight excluding hydrogens is 512 g/mol. The Labute approximate surface area is 241 Å². The van der Waals surface area contributed by atoms with Crippen molar-refractivity contribution in [1.29, 1.82) is 0 Å². The predicted molar refractivity (Wildman–Crippen MR) is 164 cm³/mol. The molecule has 0 radical (unpaired) electrons. The van der Waals surface area contributed by atoms with Crippen LogP contribution in [0.5, 0.6) is 0 Å². The SMILES string of the molecule is Cn1cc(B(O)On2c(B3OC(C)(C)C(C)(C)O3)c(Cc3ccccc3)c3ccccc32)c(Cc2ccccc2)n1. The molecule has 41 heavy (non-hydrogen) atoms. The van der Waals surface area contributed by atoms with E-state index in [1.54, 1.807) is 9.41 Å². The summed E-state index contributed by atoms with van der Waals surface area (Å²) in [5.41, 5.74) is 5.13. The molecule has 2 aromatic heterocycles. The number of hydrogen-bond donors (Lipinski definition) is 1. The number of nitrogens with zero attached hydrogens (tertiary/aromatic N) is 3. The molecule has 0 atom stereocenters. The van der Waals surface area contributed by atoms with Crippen molar-refractivity contribution < 1.29 is 19.1 Å². The standard InChI is InChI=1S/C32H35B2N3O4/c1-31(2)32(3,4)40-34(39-31)30-26(20-23-14-8-6-9-15-23)25-18-12-13-19-29(25)37(30)41-33(38)27-22-36(5)35-28(27)21-24-16-10-7-11-17-24/h6-19,22,38H,20-21H2,1-5H3. The molecule has 3 aromatic carbocycles. The van der Waals surface area contributed by atoms with E-state index in [2.05, 4.69) is 35.4 Å². The highest BCUT2D eigenvalue weighted by molar-refractivity contribution is 6.63. The number of fused-ring (bicyclic) bond motifs is 1. The van der Waals surface area contributed by atoms with Gasteiger partial charge in [-0.2, -0.15) is 5.10 Å². The molecule has 0 amide bonds. The van der Waals surface area contributed by atoms with E-state index in [9.17, 15) is 5.02 Å². The van der Waals surface area contributed by atoms with Gasteiger partial charge < -0.3 is 19.1 Å². The fourth-order valence-corrected chi connectivity index (χ4v) is 5.43. The lowest BCUT2D eigenvalue weighted by atomic mass is 9.78. The lowest BCUT2D eigenvalue weighted by Crippen LogP contribution is -2.50. The van der Waals surface area contributed by atoms with Crippen LogP contribution >= 0.6 is 0 Å². The highest BCUT2D eigenvalue weighted by atomic mass is 16.7. The van der Waals surface area contributed by atoms with E-state index in [-0.39, 0.29) is 0 Å². The van der Waals surface area contributed by atoms with E-state index < -0.39 is 25.4 Å². The molecule has 1 aliphatic heterocycles. The molecular formula is C32H35B2N3O4. The maximum atomic E-state index is 11.6. The van der Waals surface area contributed by atoms with Crippen LogP contribution in [-0.4, -0.2) is 45.0 Å². The zero-order chi connectivity index (χ0) is 28.8. The van der Waals surface area contributed by atoms with Gasteiger partial charge in [-0.1, -0.05) is 78.9 Å². The quantitative estimate of drug-likeness (QED) is 0.301. The minimum Gasteiger partial charge on any atom is -0.442 e. The smallest absolute Gasteiger partial charge is 0.442 e. The van der Waals surface area contributed by atoms with E-state index in [0.717, 1.165) is 38.9 Å². The van der Waals surface area contributed by atoms with Crippen LogP contribution in [0.2, 0.25) is 0 Å². The Hall–Kier alpha value is -3.78. The topological polar surface area (TPSA) is 70.7 Å². The fourth-order valence-electron chi connectivity index (χ4n) is 5.43. The maximum absolute atomic E-state index is 11.6. The Bertz CT molecular complexity index is 1650. The van der Waals surface area contributed by atoms with Crippen molar-refractivity contribution in [2.75, 3.05) is 0 Å². The molecule has 0 spiro atoms. The van der Waals surface area contributed by atoms with Gasteiger partial charge in [-0.15, -0.1) is 0 Å². The summed E-state index contributed by atoms with van der Waals surface area (Å²) in [6.07, 6.45) is 3.04. The third-order valence-corrected chi connectivity index (χ3v) is 8.30. The summed E-state index contributed by atoms with van der Waals surface area (Å²) in [5, 5.41) is 17.3. The van der Waals surface area contributed by atoms with Gasteiger partial charge in [0.05, 0.1) is 28.0 Å². The van der Waals surface area contributed by atoms with Crippen molar-refractivity contribution >= 4 is 36.2 Å². The molecule has 1 N–H and O–H groups in total. The first-order valence-electron chi connectivity index (χ1n) is 14.1. The summed E-state index contributed by atoms with van der Waals surface area (Å²) in [7, 11) is -0.122. The lowest BCUT2D eigenvalue weighted by Gasteiger charge is -2.32. The van der Waals surface area contributed by atoms with Gasteiger partial charge in [-0.3, -0.25) is 4.68 Å². The first-order valence-corrected chi connectivity index (χ1v) is 14.1. The number of rotatable bonds is 8. The average molecular weight is 547 g/mol. The first-order chi connectivity index (χ1) is 19.6. The van der Waals surface area contributed by atoms with Crippen LogP contribution in [0.3, 0.4) is 0 Å². The molecule has 5 aromatic rings. The Balaban J connectivity index is 1.45. The van der Waals surface area contributed by atoms with Gasteiger partial charge in [0, 0.05) is 30.5 Å². The summed E-state index contributed by atoms with van der Waals surface area (Å²) in [6.45, 7) is 8.16. The molecule has 0 saturated carbocycles. The van der Waals surface area contributed by atoms with Gasteiger partial charge in [-0.05, 0) is 56.9 Å². The van der Waals surface area contributed by atoms with Crippen LogP contribution in [0.25, 0.3) is 10.9 Å². The molecule has 0 bridgehead atoms. The minimum absolute atomic E-state index is 0.548. The molecule has 1 aliphatic rings. The number of aromatic nitrogens is 3. The predicted octanol–water partition coefficient (Wildman–Crippen LogP) is 3.67. The van der Waals surface area contributed by atoms with Gasteiger partial charge in [0.15, 0.2) is 0 Å². The molecule has 1 fully saturated rings. The van der Waals surface area contributed by atoms with Crippen LogP contribution in [-0.2, 0) is 29.2 Å². The van der Waals surface area contributed by atoms with Crippen molar-refractivity contribution in [1.82, 2.24) is 14.5 Å². The molecule has 3 heterocycles. The van der Waals surface area contributed by atoms with Crippen LogP contribution in [0.15, 0.2) is 91.1 Å². The van der Waals surface area contributed by atoms with Crippen LogP contribution in [0.1, 0.15) is 50.1 Å². The number of hydrogen-bond acceptors (Lipinski definition) is 5. The Morgan fingerprint density at radius 2 is 1.39 bits per heavy atom. The Morgan fingerprint density at radius 1 is 0.829 bits per heavy atom. The summed E-state index contributed by atoms with van der Waals surface area (Å²) in [5.74, 6) is 0. The highest BCUT2D eigenvalue weighted by Crippen LogP contribution is 2.37. The van der Waals surface area contributed by atoms with E-state index in [1.807, 2.05) is 95.5 Å². The van der Waals surface area contributed by atoms with E-state index in [4.69, 9.17) is 14.1 Å². The third kappa shape index (κ3) is 5.21. The molecule has 9 heteroatoms. The maximum Gasteiger partial charge on any atom is 0.584 e.